The van der Waals surface area contributed by atoms with Crippen LogP contribution in [0.5, 0.6) is 5.75 Å². The molecule has 0 aliphatic heterocycles. The number of hydrogen-bond acceptors (Lipinski definition) is 4. The molecule has 0 spiro atoms. The van der Waals surface area contributed by atoms with E-state index in [0.717, 1.165) is 11.0 Å². The number of halogens is 1. The molecule has 0 amide bonds. The molecule has 0 radical (unpaired) electrons. The quantitative estimate of drug-likeness (QED) is 0.747. The largest absolute Gasteiger partial charge is 0.492 e. The van der Waals surface area contributed by atoms with Crippen LogP contribution in [0, 0.1) is 0 Å². The third-order valence-electron chi connectivity index (χ3n) is 2.61. The van der Waals surface area contributed by atoms with Crippen LogP contribution >= 0.6 is 27.3 Å². The van der Waals surface area contributed by atoms with Crippen molar-refractivity contribution in [2.45, 2.75) is 6.54 Å². The number of aromatic carboxylic acids is 1. The standard InChI is InChI=1S/C14H14BrNO3S/c15-12-4-7-20-13(12)9-16-5-6-19-11-3-1-2-10(8-11)14(17)18/h1-4,7-8,16H,5-6,9H2,(H,17,18). The van der Waals surface area contributed by atoms with E-state index < -0.39 is 5.97 Å². The number of nitrogens with one attached hydrogen (secondary N) is 1. The molecule has 0 fully saturated rings. The van der Waals surface area contributed by atoms with Gasteiger partial charge in [0, 0.05) is 22.4 Å². The van der Waals surface area contributed by atoms with Crippen LogP contribution in [-0.2, 0) is 6.54 Å². The number of benzene rings is 1. The molecule has 2 aromatic rings. The summed E-state index contributed by atoms with van der Waals surface area (Å²) in [5.41, 5.74) is 0.234. The third kappa shape index (κ3) is 4.33. The number of ether oxygens (including phenoxy) is 1. The van der Waals surface area contributed by atoms with Crippen LogP contribution in [0.3, 0.4) is 0 Å². The van der Waals surface area contributed by atoms with Crippen LogP contribution in [0.25, 0.3) is 0 Å². The molecule has 4 nitrogen and oxygen atoms in total. The number of thiophene rings is 1. The summed E-state index contributed by atoms with van der Waals surface area (Å²) in [7, 11) is 0. The molecule has 0 unspecified atom stereocenters. The lowest BCUT2D eigenvalue weighted by Gasteiger charge is -2.07. The van der Waals surface area contributed by atoms with Gasteiger partial charge >= 0.3 is 5.97 Å². The molecule has 2 rings (SSSR count). The fraction of sp³-hybridized carbons (Fsp3) is 0.214. The Morgan fingerprint density at radius 3 is 2.95 bits per heavy atom. The van der Waals surface area contributed by atoms with Crippen molar-refractivity contribution in [3.63, 3.8) is 0 Å². The van der Waals surface area contributed by atoms with Gasteiger partial charge in [-0.25, -0.2) is 4.79 Å². The van der Waals surface area contributed by atoms with E-state index in [4.69, 9.17) is 9.84 Å². The summed E-state index contributed by atoms with van der Waals surface area (Å²) in [6, 6.07) is 8.52. The molecule has 0 saturated carbocycles. The van der Waals surface area contributed by atoms with Crippen LogP contribution in [0.2, 0.25) is 0 Å². The van der Waals surface area contributed by atoms with Gasteiger partial charge < -0.3 is 15.2 Å². The topological polar surface area (TPSA) is 58.6 Å². The molecule has 0 atom stereocenters. The maximum absolute atomic E-state index is 10.8. The van der Waals surface area contributed by atoms with Crippen LogP contribution in [-0.4, -0.2) is 24.2 Å². The Hall–Kier alpha value is -1.37. The Kier molecular flexibility index (Phi) is 5.58. The number of carbonyl (C=O) groups is 1. The van der Waals surface area contributed by atoms with Crippen molar-refractivity contribution in [3.8, 4) is 5.75 Å². The van der Waals surface area contributed by atoms with Gasteiger partial charge in [-0.2, -0.15) is 0 Å². The zero-order valence-electron chi connectivity index (χ0n) is 10.6. The summed E-state index contributed by atoms with van der Waals surface area (Å²) >= 11 is 5.17. The summed E-state index contributed by atoms with van der Waals surface area (Å²) in [4.78, 5) is 12.1. The number of carboxylic acid groups (broad SMARTS) is 1. The van der Waals surface area contributed by atoms with Gasteiger partial charge in [-0.15, -0.1) is 11.3 Å². The predicted octanol–water partition coefficient (Wildman–Crippen LogP) is 3.38. The molecule has 2 N–H and O–H groups in total. The van der Waals surface area contributed by atoms with Gasteiger partial charge in [-0.3, -0.25) is 0 Å². The lowest BCUT2D eigenvalue weighted by atomic mass is 10.2. The lowest BCUT2D eigenvalue weighted by molar-refractivity contribution is 0.0696. The van der Waals surface area contributed by atoms with Gasteiger partial charge in [0.1, 0.15) is 12.4 Å². The molecular formula is C14H14BrNO3S. The highest BCUT2D eigenvalue weighted by Gasteiger charge is 2.04. The first-order valence-corrected chi connectivity index (χ1v) is 7.73. The fourth-order valence-electron chi connectivity index (χ4n) is 1.61. The molecule has 1 aromatic carbocycles. The molecule has 20 heavy (non-hydrogen) atoms. The minimum Gasteiger partial charge on any atom is -0.492 e. The maximum atomic E-state index is 10.8. The molecule has 0 aliphatic rings. The summed E-state index contributed by atoms with van der Waals surface area (Å²) in [6.07, 6.45) is 0. The lowest BCUT2D eigenvalue weighted by Crippen LogP contribution is -2.20. The molecule has 0 aliphatic carbocycles. The first-order valence-electron chi connectivity index (χ1n) is 6.05. The third-order valence-corrected chi connectivity index (χ3v) is 4.53. The SMILES string of the molecule is O=C(O)c1cccc(OCCNCc2sccc2Br)c1. The van der Waals surface area contributed by atoms with Crippen molar-refractivity contribution in [2.75, 3.05) is 13.2 Å². The number of hydrogen-bond donors (Lipinski definition) is 2. The van der Waals surface area contributed by atoms with Crippen molar-refractivity contribution in [2.24, 2.45) is 0 Å². The van der Waals surface area contributed by atoms with Gasteiger partial charge in [-0.1, -0.05) is 6.07 Å². The summed E-state index contributed by atoms with van der Waals surface area (Å²) in [5, 5.41) is 14.2. The van der Waals surface area contributed by atoms with Crippen molar-refractivity contribution in [1.82, 2.24) is 5.32 Å². The van der Waals surface area contributed by atoms with Gasteiger partial charge in [0.15, 0.2) is 0 Å². The van der Waals surface area contributed by atoms with E-state index in [2.05, 4.69) is 21.2 Å². The molecule has 6 heteroatoms. The Morgan fingerprint density at radius 1 is 1.40 bits per heavy atom. The second kappa shape index (κ2) is 7.42. The second-order valence-electron chi connectivity index (χ2n) is 4.05. The van der Waals surface area contributed by atoms with Crippen molar-refractivity contribution < 1.29 is 14.6 Å². The van der Waals surface area contributed by atoms with Crippen molar-refractivity contribution >= 4 is 33.2 Å². The van der Waals surface area contributed by atoms with E-state index >= 15 is 0 Å². The first-order chi connectivity index (χ1) is 9.66. The molecule has 106 valence electrons. The minimum absolute atomic E-state index is 0.234. The molecular weight excluding hydrogens is 342 g/mol. The summed E-state index contributed by atoms with van der Waals surface area (Å²) in [5.74, 6) is -0.375. The summed E-state index contributed by atoms with van der Waals surface area (Å²) in [6.45, 7) is 1.98. The fourth-order valence-corrected chi connectivity index (χ4v) is 3.08. The van der Waals surface area contributed by atoms with Crippen molar-refractivity contribution in [3.05, 3.63) is 50.6 Å². The highest BCUT2D eigenvalue weighted by Crippen LogP contribution is 2.22. The van der Waals surface area contributed by atoms with Crippen LogP contribution in [0.15, 0.2) is 40.2 Å². The average Bonchev–Trinajstić information content (AvgIpc) is 2.84. The van der Waals surface area contributed by atoms with Gasteiger partial charge in [0.2, 0.25) is 0 Å². The van der Waals surface area contributed by atoms with Crippen LogP contribution < -0.4 is 10.1 Å². The molecule has 1 aromatic heterocycles. The van der Waals surface area contributed by atoms with E-state index in [0.29, 0.717) is 18.9 Å². The monoisotopic (exact) mass is 355 g/mol. The maximum Gasteiger partial charge on any atom is 0.335 e. The number of rotatable bonds is 7. The van der Waals surface area contributed by atoms with Gasteiger partial charge in [0.25, 0.3) is 0 Å². The van der Waals surface area contributed by atoms with Crippen LogP contribution in [0.1, 0.15) is 15.2 Å². The van der Waals surface area contributed by atoms with Crippen LogP contribution in [0.4, 0.5) is 0 Å². The van der Waals surface area contributed by atoms with E-state index in [1.807, 2.05) is 11.4 Å². The van der Waals surface area contributed by atoms with E-state index in [1.54, 1.807) is 29.5 Å². The Balaban J connectivity index is 1.72. The van der Waals surface area contributed by atoms with Gasteiger partial charge in [0.05, 0.1) is 5.56 Å². The first kappa shape index (κ1) is 15.0. The summed E-state index contributed by atoms with van der Waals surface area (Å²) < 4.78 is 6.63. The van der Waals surface area contributed by atoms with E-state index in [-0.39, 0.29) is 5.56 Å². The highest BCUT2D eigenvalue weighted by atomic mass is 79.9. The smallest absolute Gasteiger partial charge is 0.335 e. The zero-order chi connectivity index (χ0) is 14.4. The Bertz CT molecular complexity index is 585. The van der Waals surface area contributed by atoms with E-state index in [1.165, 1.54) is 10.9 Å². The average molecular weight is 356 g/mol. The Labute approximate surface area is 129 Å². The minimum atomic E-state index is -0.948. The highest BCUT2D eigenvalue weighted by molar-refractivity contribution is 9.10. The molecule has 0 bridgehead atoms. The van der Waals surface area contributed by atoms with Crippen molar-refractivity contribution in [1.29, 1.82) is 0 Å². The zero-order valence-corrected chi connectivity index (χ0v) is 13.0. The molecule has 0 saturated heterocycles. The Morgan fingerprint density at radius 2 is 2.25 bits per heavy atom. The normalized spacial score (nSPS) is 10.4. The van der Waals surface area contributed by atoms with Gasteiger partial charge in [-0.05, 0) is 45.6 Å². The number of carboxylic acids is 1. The second-order valence-corrected chi connectivity index (χ2v) is 5.90. The molecule has 1 heterocycles. The predicted molar refractivity (Wildman–Crippen MR) is 82.6 cm³/mol. The van der Waals surface area contributed by atoms with E-state index in [9.17, 15) is 4.79 Å².